The molecule has 0 unspecified atom stereocenters. The maximum atomic E-state index is 11.6. The molecule has 0 spiro atoms. The second-order valence-corrected chi connectivity index (χ2v) is 9.66. The minimum absolute atomic E-state index is 0.178. The Morgan fingerprint density at radius 1 is 0.882 bits per heavy atom. The zero-order valence-electron chi connectivity index (χ0n) is 19.4. The zero-order valence-corrected chi connectivity index (χ0v) is 19.4. The summed E-state index contributed by atoms with van der Waals surface area (Å²) in [7, 11) is 0. The summed E-state index contributed by atoms with van der Waals surface area (Å²) in [5.41, 5.74) is 6.58. The van der Waals surface area contributed by atoms with E-state index in [4.69, 9.17) is 0 Å². The number of aromatic carboxylic acids is 1. The minimum atomic E-state index is -0.870. The van der Waals surface area contributed by atoms with Crippen molar-refractivity contribution in [2.45, 2.75) is 43.9 Å². The molecule has 3 aromatic carbocycles. The van der Waals surface area contributed by atoms with E-state index < -0.39 is 5.97 Å². The molecule has 5 rings (SSSR count). The lowest BCUT2D eigenvalue weighted by molar-refractivity contribution is -0.111. The highest BCUT2D eigenvalue weighted by Gasteiger charge is 2.31. The van der Waals surface area contributed by atoms with E-state index in [0.29, 0.717) is 11.5 Å². The molecule has 174 valence electrons. The SMILES string of the molecule is O=CC1CCN(c2ccc([C@H]3c4ccc(C(=O)O)cc4CCC[C@H]3c3ccccc3)cc2)CC1. The summed E-state index contributed by atoms with van der Waals surface area (Å²) in [5.74, 6) is -0.156. The largest absolute Gasteiger partial charge is 0.478 e. The summed E-state index contributed by atoms with van der Waals surface area (Å²) in [6.45, 7) is 1.83. The second kappa shape index (κ2) is 9.84. The van der Waals surface area contributed by atoms with Crippen LogP contribution in [-0.4, -0.2) is 30.5 Å². The molecule has 4 heteroatoms. The van der Waals surface area contributed by atoms with Gasteiger partial charge in [0.1, 0.15) is 6.29 Å². The van der Waals surface area contributed by atoms with Crippen LogP contribution in [0.1, 0.15) is 70.1 Å². The predicted octanol–water partition coefficient (Wildman–Crippen LogP) is 6.05. The smallest absolute Gasteiger partial charge is 0.335 e. The maximum absolute atomic E-state index is 11.6. The number of nitrogens with zero attached hydrogens (tertiary/aromatic N) is 1. The molecular weight excluding hydrogens is 422 g/mol. The topological polar surface area (TPSA) is 57.6 Å². The van der Waals surface area contributed by atoms with Gasteiger partial charge in [0.25, 0.3) is 0 Å². The Morgan fingerprint density at radius 3 is 2.29 bits per heavy atom. The first-order chi connectivity index (χ1) is 16.6. The minimum Gasteiger partial charge on any atom is -0.478 e. The van der Waals surface area contributed by atoms with Gasteiger partial charge in [-0.2, -0.15) is 0 Å². The van der Waals surface area contributed by atoms with E-state index in [0.717, 1.165) is 57.0 Å². The molecule has 1 saturated heterocycles. The summed E-state index contributed by atoms with van der Waals surface area (Å²) in [5, 5.41) is 9.53. The number of piperidine rings is 1. The van der Waals surface area contributed by atoms with Crippen LogP contribution in [0.15, 0.2) is 72.8 Å². The van der Waals surface area contributed by atoms with E-state index in [1.165, 1.54) is 22.4 Å². The van der Waals surface area contributed by atoms with Crippen LogP contribution < -0.4 is 4.90 Å². The zero-order chi connectivity index (χ0) is 23.5. The first kappa shape index (κ1) is 22.4. The Labute approximate surface area is 201 Å². The van der Waals surface area contributed by atoms with Crippen molar-refractivity contribution < 1.29 is 14.7 Å². The van der Waals surface area contributed by atoms with Crippen LogP contribution in [0.25, 0.3) is 0 Å². The van der Waals surface area contributed by atoms with Gasteiger partial charge in [-0.1, -0.05) is 48.5 Å². The molecule has 1 fully saturated rings. The first-order valence-electron chi connectivity index (χ1n) is 12.4. The van der Waals surface area contributed by atoms with Crippen LogP contribution in [0.2, 0.25) is 0 Å². The molecule has 1 N–H and O–H groups in total. The molecular formula is C30H31NO3. The molecule has 0 radical (unpaired) electrons. The summed E-state index contributed by atoms with van der Waals surface area (Å²) in [6.07, 6.45) is 5.94. The van der Waals surface area contributed by atoms with Crippen molar-refractivity contribution in [3.8, 4) is 0 Å². The molecule has 1 heterocycles. The van der Waals surface area contributed by atoms with Gasteiger partial charge in [-0.25, -0.2) is 4.79 Å². The third-order valence-corrected chi connectivity index (χ3v) is 7.67. The fourth-order valence-corrected chi connectivity index (χ4v) is 5.81. The normalized spacial score (nSPS) is 20.9. The van der Waals surface area contributed by atoms with Crippen molar-refractivity contribution in [2.75, 3.05) is 18.0 Å². The number of aldehydes is 1. The molecule has 2 aliphatic rings. The average molecular weight is 454 g/mol. The lowest BCUT2D eigenvalue weighted by Crippen LogP contribution is -2.34. The van der Waals surface area contributed by atoms with Crippen LogP contribution in [0.5, 0.6) is 0 Å². The number of carboxylic acid groups (broad SMARTS) is 1. The third-order valence-electron chi connectivity index (χ3n) is 7.67. The molecule has 0 aromatic heterocycles. The number of carboxylic acids is 1. The predicted molar refractivity (Wildman–Crippen MR) is 135 cm³/mol. The van der Waals surface area contributed by atoms with Gasteiger partial charge < -0.3 is 14.8 Å². The number of aryl methyl sites for hydroxylation is 1. The molecule has 4 nitrogen and oxygen atoms in total. The van der Waals surface area contributed by atoms with Crippen molar-refractivity contribution in [3.63, 3.8) is 0 Å². The summed E-state index contributed by atoms with van der Waals surface area (Å²) < 4.78 is 0. The second-order valence-electron chi connectivity index (χ2n) is 9.66. The van der Waals surface area contributed by atoms with Gasteiger partial charge in [0, 0.05) is 30.6 Å². The lowest BCUT2D eigenvalue weighted by atomic mass is 9.75. The highest BCUT2D eigenvalue weighted by atomic mass is 16.4. The average Bonchev–Trinajstić information content (AvgIpc) is 3.08. The van der Waals surface area contributed by atoms with Gasteiger partial charge in [-0.15, -0.1) is 0 Å². The van der Waals surface area contributed by atoms with Gasteiger partial charge >= 0.3 is 5.97 Å². The van der Waals surface area contributed by atoms with Crippen LogP contribution in [0.4, 0.5) is 5.69 Å². The molecule has 2 atom stereocenters. The lowest BCUT2D eigenvalue weighted by Gasteiger charge is -2.32. The van der Waals surface area contributed by atoms with Crippen LogP contribution in [-0.2, 0) is 11.2 Å². The third kappa shape index (κ3) is 4.50. The molecule has 0 bridgehead atoms. The van der Waals surface area contributed by atoms with E-state index in [1.54, 1.807) is 6.07 Å². The van der Waals surface area contributed by atoms with Gasteiger partial charge in [-0.3, -0.25) is 0 Å². The maximum Gasteiger partial charge on any atom is 0.335 e. The molecule has 1 aliphatic carbocycles. The molecule has 34 heavy (non-hydrogen) atoms. The van der Waals surface area contributed by atoms with Crippen molar-refractivity contribution in [3.05, 3.63) is 101 Å². The summed E-state index contributed by atoms with van der Waals surface area (Å²) in [6, 6.07) is 25.3. The van der Waals surface area contributed by atoms with Gasteiger partial charge in [0.2, 0.25) is 0 Å². The van der Waals surface area contributed by atoms with Crippen LogP contribution in [0.3, 0.4) is 0 Å². The Bertz CT molecular complexity index is 1150. The number of benzene rings is 3. The monoisotopic (exact) mass is 453 g/mol. The van der Waals surface area contributed by atoms with Crippen molar-refractivity contribution in [1.82, 2.24) is 0 Å². The molecule has 0 amide bonds. The van der Waals surface area contributed by atoms with Crippen molar-refractivity contribution in [2.24, 2.45) is 5.92 Å². The molecule has 1 aliphatic heterocycles. The Kier molecular flexibility index (Phi) is 6.48. The van der Waals surface area contributed by atoms with E-state index in [9.17, 15) is 14.7 Å². The van der Waals surface area contributed by atoms with E-state index in [-0.39, 0.29) is 11.8 Å². The quantitative estimate of drug-likeness (QED) is 0.377. The van der Waals surface area contributed by atoms with Crippen molar-refractivity contribution >= 4 is 17.9 Å². The van der Waals surface area contributed by atoms with Gasteiger partial charge in [-0.05, 0) is 84.5 Å². The molecule has 0 saturated carbocycles. The van der Waals surface area contributed by atoms with Gasteiger partial charge in [0.15, 0.2) is 0 Å². The summed E-state index contributed by atoms with van der Waals surface area (Å²) in [4.78, 5) is 25.1. The number of anilines is 1. The van der Waals surface area contributed by atoms with E-state index >= 15 is 0 Å². The number of hydrogen-bond donors (Lipinski definition) is 1. The van der Waals surface area contributed by atoms with Gasteiger partial charge in [0.05, 0.1) is 5.56 Å². The highest BCUT2D eigenvalue weighted by Crippen LogP contribution is 2.45. The number of carbonyl (C=O) groups is 2. The fraction of sp³-hybridized carbons (Fsp3) is 0.333. The first-order valence-corrected chi connectivity index (χ1v) is 12.4. The Morgan fingerprint density at radius 2 is 1.62 bits per heavy atom. The number of fused-ring (bicyclic) bond motifs is 1. The fourth-order valence-electron chi connectivity index (χ4n) is 5.81. The van der Waals surface area contributed by atoms with E-state index in [1.807, 2.05) is 12.1 Å². The van der Waals surface area contributed by atoms with Crippen LogP contribution >= 0.6 is 0 Å². The number of hydrogen-bond acceptors (Lipinski definition) is 3. The highest BCUT2D eigenvalue weighted by molar-refractivity contribution is 5.88. The molecule has 3 aromatic rings. The standard InChI is InChI=1S/C30H31NO3/c32-20-21-15-17-31(18-16-21)26-12-9-23(10-13-26)29-27(22-5-2-1-3-6-22)8-4-7-24-19-25(30(33)34)11-14-28(24)29/h1-3,5-6,9-14,19-21,27,29H,4,7-8,15-18H2,(H,33,34)/t27-,29+/m0/s1. The van der Waals surface area contributed by atoms with Crippen LogP contribution in [0, 0.1) is 5.92 Å². The Balaban J connectivity index is 1.52. The Hall–Kier alpha value is -3.40. The van der Waals surface area contributed by atoms with E-state index in [2.05, 4.69) is 59.5 Å². The number of rotatable bonds is 5. The van der Waals surface area contributed by atoms with Crippen molar-refractivity contribution in [1.29, 1.82) is 0 Å². The number of carbonyl (C=O) groups excluding carboxylic acids is 1. The summed E-state index contributed by atoms with van der Waals surface area (Å²) >= 11 is 0.